The van der Waals surface area contributed by atoms with E-state index in [1.54, 1.807) is 6.08 Å². The van der Waals surface area contributed by atoms with Crippen molar-refractivity contribution < 1.29 is 9.53 Å². The van der Waals surface area contributed by atoms with Gasteiger partial charge in [-0.1, -0.05) is 22.0 Å². The molecular weight excluding hydrogens is 310 g/mol. The van der Waals surface area contributed by atoms with Gasteiger partial charge >= 0.3 is 0 Å². The molecule has 1 N–H and O–H groups in total. The molecule has 2 rings (SSSR count). The smallest absolute Gasteiger partial charge is 0.258 e. The van der Waals surface area contributed by atoms with E-state index < -0.39 is 0 Å². The highest BCUT2D eigenvalue weighted by Gasteiger charge is 2.07. The molecule has 0 radical (unpaired) electrons. The van der Waals surface area contributed by atoms with Crippen LogP contribution in [0.4, 0.5) is 0 Å². The molecule has 1 heterocycles. The lowest BCUT2D eigenvalue weighted by atomic mass is 10.2. The first-order valence-corrected chi connectivity index (χ1v) is 6.40. The zero-order valence-corrected chi connectivity index (χ0v) is 11.7. The summed E-state index contributed by atoms with van der Waals surface area (Å²) in [6, 6.07) is 5.59. The van der Waals surface area contributed by atoms with E-state index in [2.05, 4.69) is 37.8 Å². The minimum absolute atomic E-state index is 0.0908. The minimum atomic E-state index is -0.221. The van der Waals surface area contributed by atoms with Crippen molar-refractivity contribution in [3.05, 3.63) is 41.7 Å². The quantitative estimate of drug-likeness (QED) is 0.856. The Bertz CT molecular complexity index is 616. The van der Waals surface area contributed by atoms with Gasteiger partial charge in [0.15, 0.2) is 6.61 Å². The fourth-order valence-corrected chi connectivity index (χ4v) is 1.85. The Morgan fingerprint density at radius 3 is 3.11 bits per heavy atom. The van der Waals surface area contributed by atoms with Gasteiger partial charge in [0.25, 0.3) is 5.91 Å². The van der Waals surface area contributed by atoms with E-state index in [4.69, 9.17) is 4.74 Å². The number of hydrogen-bond acceptors (Lipinski definition) is 4. The Morgan fingerprint density at radius 1 is 1.47 bits per heavy atom. The number of aromatic nitrogens is 2. The molecular formula is C13H12BrN3O2. The Balaban J connectivity index is 2.14. The van der Waals surface area contributed by atoms with Gasteiger partial charge in [0.1, 0.15) is 6.33 Å². The second kappa shape index (κ2) is 6.29. The van der Waals surface area contributed by atoms with E-state index in [0.717, 1.165) is 15.4 Å². The van der Waals surface area contributed by atoms with Crippen molar-refractivity contribution in [3.8, 4) is 5.88 Å². The number of halogens is 1. The van der Waals surface area contributed by atoms with Gasteiger partial charge in [0, 0.05) is 11.0 Å². The maximum atomic E-state index is 11.4. The second-order valence-corrected chi connectivity index (χ2v) is 4.64. The first kappa shape index (κ1) is 13.5. The van der Waals surface area contributed by atoms with Crippen LogP contribution in [0.25, 0.3) is 10.9 Å². The van der Waals surface area contributed by atoms with Crippen LogP contribution < -0.4 is 10.1 Å². The van der Waals surface area contributed by atoms with E-state index in [1.807, 2.05) is 18.2 Å². The number of nitrogens with zero attached hydrogens (tertiary/aromatic N) is 2. The molecule has 0 aliphatic heterocycles. The van der Waals surface area contributed by atoms with E-state index in [-0.39, 0.29) is 12.5 Å². The molecule has 19 heavy (non-hydrogen) atoms. The molecule has 98 valence electrons. The SMILES string of the molecule is C=CCNC(=O)COc1ncnc2ccc(Br)cc12. The molecule has 0 aliphatic carbocycles. The zero-order valence-electron chi connectivity index (χ0n) is 10.1. The van der Waals surface area contributed by atoms with Crippen LogP contribution in [0.15, 0.2) is 41.7 Å². The molecule has 0 saturated heterocycles. The predicted molar refractivity (Wildman–Crippen MR) is 75.9 cm³/mol. The molecule has 1 aromatic carbocycles. The Labute approximate surface area is 118 Å². The maximum Gasteiger partial charge on any atom is 0.258 e. The highest BCUT2D eigenvalue weighted by atomic mass is 79.9. The summed E-state index contributed by atoms with van der Waals surface area (Å²) in [6.07, 6.45) is 3.02. The standard InChI is InChI=1S/C13H12BrN3O2/c1-2-5-15-12(18)7-19-13-10-6-9(14)3-4-11(10)16-8-17-13/h2-4,6,8H,1,5,7H2,(H,15,18). The molecule has 6 heteroatoms. The van der Waals surface area contributed by atoms with E-state index in [1.165, 1.54) is 6.33 Å². The number of carbonyl (C=O) groups excluding carboxylic acids is 1. The average Bonchev–Trinajstić information content (AvgIpc) is 2.42. The van der Waals surface area contributed by atoms with Gasteiger partial charge < -0.3 is 10.1 Å². The van der Waals surface area contributed by atoms with Gasteiger partial charge in [-0.3, -0.25) is 4.79 Å². The van der Waals surface area contributed by atoms with Crippen molar-refractivity contribution in [1.82, 2.24) is 15.3 Å². The molecule has 0 fully saturated rings. The van der Waals surface area contributed by atoms with Crippen molar-refractivity contribution in [2.24, 2.45) is 0 Å². The molecule has 1 aromatic heterocycles. The van der Waals surface area contributed by atoms with Crippen LogP contribution in [0.1, 0.15) is 0 Å². The molecule has 0 unspecified atom stereocenters. The van der Waals surface area contributed by atoms with Crippen LogP contribution in [0.5, 0.6) is 5.88 Å². The Kier molecular flexibility index (Phi) is 4.46. The number of amides is 1. The number of ether oxygens (including phenoxy) is 1. The summed E-state index contributed by atoms with van der Waals surface area (Å²) in [7, 11) is 0. The van der Waals surface area contributed by atoms with Gasteiger partial charge in [0.05, 0.1) is 10.9 Å². The van der Waals surface area contributed by atoms with Crippen molar-refractivity contribution in [2.75, 3.05) is 13.2 Å². The van der Waals surface area contributed by atoms with Crippen LogP contribution in [0, 0.1) is 0 Å². The maximum absolute atomic E-state index is 11.4. The third-order valence-corrected chi connectivity index (χ3v) is 2.84. The van der Waals surface area contributed by atoms with Crippen LogP contribution in [0.3, 0.4) is 0 Å². The molecule has 5 nitrogen and oxygen atoms in total. The summed E-state index contributed by atoms with van der Waals surface area (Å²) in [6.45, 7) is 3.84. The van der Waals surface area contributed by atoms with E-state index >= 15 is 0 Å². The van der Waals surface area contributed by atoms with Gasteiger partial charge in [-0.05, 0) is 18.2 Å². The molecule has 0 atom stereocenters. The molecule has 1 amide bonds. The summed E-state index contributed by atoms with van der Waals surface area (Å²) >= 11 is 3.38. The normalized spacial score (nSPS) is 10.2. The van der Waals surface area contributed by atoms with Crippen molar-refractivity contribution in [3.63, 3.8) is 0 Å². The molecule has 0 saturated carbocycles. The van der Waals surface area contributed by atoms with Crippen molar-refractivity contribution in [2.45, 2.75) is 0 Å². The fourth-order valence-electron chi connectivity index (χ4n) is 1.49. The lowest BCUT2D eigenvalue weighted by molar-refractivity contribution is -0.122. The molecule has 0 bridgehead atoms. The van der Waals surface area contributed by atoms with Gasteiger partial charge in [-0.25, -0.2) is 9.97 Å². The fraction of sp³-hybridized carbons (Fsp3) is 0.154. The largest absolute Gasteiger partial charge is 0.467 e. The summed E-state index contributed by atoms with van der Waals surface area (Å²) in [5, 5.41) is 3.39. The summed E-state index contributed by atoms with van der Waals surface area (Å²) in [5.41, 5.74) is 0.764. The number of rotatable bonds is 5. The van der Waals surface area contributed by atoms with Crippen LogP contribution in [-0.4, -0.2) is 29.0 Å². The number of benzene rings is 1. The van der Waals surface area contributed by atoms with Crippen molar-refractivity contribution >= 4 is 32.7 Å². The predicted octanol–water partition coefficient (Wildman–Crippen LogP) is 2.07. The highest BCUT2D eigenvalue weighted by molar-refractivity contribution is 9.10. The lowest BCUT2D eigenvalue weighted by Crippen LogP contribution is -2.29. The van der Waals surface area contributed by atoms with Crippen LogP contribution in [0.2, 0.25) is 0 Å². The van der Waals surface area contributed by atoms with Crippen molar-refractivity contribution in [1.29, 1.82) is 0 Å². The third-order valence-electron chi connectivity index (χ3n) is 2.34. The zero-order chi connectivity index (χ0) is 13.7. The van der Waals surface area contributed by atoms with Gasteiger partial charge in [-0.15, -0.1) is 6.58 Å². The first-order chi connectivity index (χ1) is 9.20. The average molecular weight is 322 g/mol. The number of fused-ring (bicyclic) bond motifs is 1. The van der Waals surface area contributed by atoms with Crippen LogP contribution in [-0.2, 0) is 4.79 Å². The summed E-state index contributed by atoms with van der Waals surface area (Å²) in [4.78, 5) is 19.6. The summed E-state index contributed by atoms with van der Waals surface area (Å²) in [5.74, 6) is 0.168. The summed E-state index contributed by atoms with van der Waals surface area (Å²) < 4.78 is 6.31. The number of nitrogens with one attached hydrogen (secondary N) is 1. The second-order valence-electron chi connectivity index (χ2n) is 3.72. The van der Waals surface area contributed by atoms with Gasteiger partial charge in [-0.2, -0.15) is 0 Å². The lowest BCUT2D eigenvalue weighted by Gasteiger charge is -2.07. The molecule has 0 spiro atoms. The first-order valence-electron chi connectivity index (χ1n) is 5.61. The minimum Gasteiger partial charge on any atom is -0.467 e. The highest BCUT2D eigenvalue weighted by Crippen LogP contribution is 2.24. The third kappa shape index (κ3) is 3.51. The molecule has 2 aromatic rings. The Hall–Kier alpha value is -1.95. The molecule has 0 aliphatic rings. The van der Waals surface area contributed by atoms with E-state index in [0.29, 0.717) is 12.4 Å². The monoisotopic (exact) mass is 321 g/mol. The van der Waals surface area contributed by atoms with Gasteiger partial charge in [0.2, 0.25) is 5.88 Å². The number of hydrogen-bond donors (Lipinski definition) is 1. The van der Waals surface area contributed by atoms with E-state index in [9.17, 15) is 4.79 Å². The van der Waals surface area contributed by atoms with Crippen LogP contribution >= 0.6 is 15.9 Å². The topological polar surface area (TPSA) is 64.1 Å². The number of carbonyl (C=O) groups is 1. The Morgan fingerprint density at radius 2 is 2.32 bits per heavy atom.